The average molecular weight is 503 g/mol. The molecule has 2 heterocycles. The molecule has 0 atom stereocenters. The summed E-state index contributed by atoms with van der Waals surface area (Å²) >= 11 is 6.50. The maximum atomic E-state index is 13.6. The van der Waals surface area contributed by atoms with Crippen LogP contribution in [-0.2, 0) is 14.3 Å². The molecule has 10 heteroatoms. The monoisotopic (exact) mass is 502 g/mol. The Morgan fingerprint density at radius 2 is 1.97 bits per heavy atom. The number of thiocarbonyl (C=S) groups is 1. The number of rotatable bonds is 7. The molecule has 2 saturated heterocycles. The molecule has 34 heavy (non-hydrogen) atoms. The van der Waals surface area contributed by atoms with Gasteiger partial charge in [0, 0.05) is 13.1 Å². The van der Waals surface area contributed by atoms with Crippen molar-refractivity contribution in [3.63, 3.8) is 0 Å². The van der Waals surface area contributed by atoms with Gasteiger partial charge in [-0.25, -0.2) is 4.39 Å². The fraction of sp³-hybridized carbons (Fsp3) is 0.292. The van der Waals surface area contributed by atoms with Gasteiger partial charge in [-0.05, 0) is 48.9 Å². The lowest BCUT2D eigenvalue weighted by Crippen LogP contribution is -2.43. The molecular formula is C24H23FN2O5S2. The van der Waals surface area contributed by atoms with E-state index in [-0.39, 0.29) is 18.4 Å². The number of nitrogens with zero attached hydrogens (tertiary/aromatic N) is 2. The average Bonchev–Trinajstić information content (AvgIpc) is 3.11. The summed E-state index contributed by atoms with van der Waals surface area (Å²) in [5, 5.41) is 0. The number of morpholine rings is 1. The van der Waals surface area contributed by atoms with E-state index in [9.17, 15) is 14.0 Å². The summed E-state index contributed by atoms with van der Waals surface area (Å²) in [5.41, 5.74) is 1.09. The third kappa shape index (κ3) is 5.57. The first-order valence-electron chi connectivity index (χ1n) is 10.7. The predicted molar refractivity (Wildman–Crippen MR) is 133 cm³/mol. The van der Waals surface area contributed by atoms with E-state index in [1.807, 2.05) is 6.92 Å². The molecule has 2 aliphatic rings. The van der Waals surface area contributed by atoms with Gasteiger partial charge in [0.2, 0.25) is 0 Å². The lowest BCUT2D eigenvalue weighted by atomic mass is 10.1. The summed E-state index contributed by atoms with van der Waals surface area (Å²) in [5.74, 6) is 0.0185. The highest BCUT2D eigenvalue weighted by molar-refractivity contribution is 8.27. The van der Waals surface area contributed by atoms with Gasteiger partial charge in [-0.3, -0.25) is 14.5 Å². The predicted octanol–water partition coefficient (Wildman–Crippen LogP) is 3.87. The number of carbonyl (C=O) groups is 2. The molecule has 2 aromatic carbocycles. The van der Waals surface area contributed by atoms with Crippen molar-refractivity contribution in [2.45, 2.75) is 6.92 Å². The van der Waals surface area contributed by atoms with Crippen molar-refractivity contribution in [1.29, 1.82) is 0 Å². The van der Waals surface area contributed by atoms with Gasteiger partial charge in [-0.1, -0.05) is 36.1 Å². The molecule has 4 rings (SSSR count). The Labute approximate surface area is 206 Å². The second-order valence-corrected chi connectivity index (χ2v) is 9.09. The molecule has 0 saturated carbocycles. The minimum atomic E-state index is -0.445. The van der Waals surface area contributed by atoms with E-state index in [4.69, 9.17) is 26.4 Å². The normalized spacial score (nSPS) is 17.4. The van der Waals surface area contributed by atoms with Crippen molar-refractivity contribution in [3.8, 4) is 11.5 Å². The fourth-order valence-electron chi connectivity index (χ4n) is 3.50. The fourth-order valence-corrected chi connectivity index (χ4v) is 4.80. The summed E-state index contributed by atoms with van der Waals surface area (Å²) < 4.78 is 30.7. The molecule has 7 nitrogen and oxygen atoms in total. The highest BCUT2D eigenvalue weighted by atomic mass is 32.2. The number of carbonyl (C=O) groups excluding carboxylic acids is 2. The van der Waals surface area contributed by atoms with Crippen molar-refractivity contribution in [2.75, 3.05) is 44.4 Å². The maximum absolute atomic E-state index is 13.6. The lowest BCUT2D eigenvalue weighted by Gasteiger charge is -2.26. The summed E-state index contributed by atoms with van der Waals surface area (Å²) in [4.78, 5) is 28.8. The third-order valence-electron chi connectivity index (χ3n) is 5.14. The lowest BCUT2D eigenvalue weighted by molar-refractivity contribution is -0.137. The summed E-state index contributed by atoms with van der Waals surface area (Å²) in [6, 6.07) is 11.0. The molecule has 0 aromatic heterocycles. The molecular weight excluding hydrogens is 479 g/mol. The number of hydrogen-bond donors (Lipinski definition) is 0. The van der Waals surface area contributed by atoms with Crippen LogP contribution in [0.5, 0.6) is 11.5 Å². The SMILES string of the molecule is CCOc1cc(/C=C2/SC(=S)N(c3cccc(F)c3)C2=O)ccc1OCC(=O)N1CCOCC1. The number of thioether (sulfide) groups is 1. The van der Waals surface area contributed by atoms with Gasteiger partial charge >= 0.3 is 0 Å². The molecule has 178 valence electrons. The zero-order chi connectivity index (χ0) is 24.1. The second-order valence-electron chi connectivity index (χ2n) is 7.42. The largest absolute Gasteiger partial charge is 0.490 e. The number of anilines is 1. The molecule has 0 spiro atoms. The van der Waals surface area contributed by atoms with Gasteiger partial charge < -0.3 is 19.1 Å². The molecule has 2 amide bonds. The van der Waals surface area contributed by atoms with Crippen molar-refractivity contribution in [1.82, 2.24) is 4.90 Å². The van der Waals surface area contributed by atoms with Crippen LogP contribution in [0.1, 0.15) is 12.5 Å². The zero-order valence-electron chi connectivity index (χ0n) is 18.5. The number of benzene rings is 2. The summed E-state index contributed by atoms with van der Waals surface area (Å²) in [7, 11) is 0. The van der Waals surface area contributed by atoms with Gasteiger partial charge in [-0.2, -0.15) is 0 Å². The van der Waals surface area contributed by atoms with E-state index in [0.29, 0.717) is 64.9 Å². The topological polar surface area (TPSA) is 68.3 Å². The van der Waals surface area contributed by atoms with Crippen LogP contribution in [0.15, 0.2) is 47.4 Å². The van der Waals surface area contributed by atoms with Crippen LogP contribution in [0.3, 0.4) is 0 Å². The first-order valence-corrected chi connectivity index (χ1v) is 12.0. The van der Waals surface area contributed by atoms with Crippen LogP contribution in [0.2, 0.25) is 0 Å². The van der Waals surface area contributed by atoms with E-state index in [0.717, 1.165) is 11.8 Å². The Kier molecular flexibility index (Phi) is 7.81. The Morgan fingerprint density at radius 3 is 2.71 bits per heavy atom. The molecule has 0 aliphatic carbocycles. The van der Waals surface area contributed by atoms with Crippen molar-refractivity contribution >= 4 is 51.9 Å². The van der Waals surface area contributed by atoms with Gasteiger partial charge in [0.05, 0.1) is 30.4 Å². The van der Waals surface area contributed by atoms with E-state index in [1.165, 1.54) is 23.1 Å². The summed E-state index contributed by atoms with van der Waals surface area (Å²) in [6.07, 6.45) is 1.70. The standard InChI is InChI=1S/C24H23FN2O5S2/c1-2-31-20-12-16(6-7-19(20)32-15-22(28)26-8-10-30-11-9-26)13-21-23(29)27(24(33)34-21)18-5-3-4-17(25)14-18/h3-7,12-14H,2,8-11,15H2,1H3/b21-13+. The van der Waals surface area contributed by atoms with E-state index in [1.54, 1.807) is 35.2 Å². The Balaban J connectivity index is 1.49. The molecule has 2 aromatic rings. The number of hydrogen-bond acceptors (Lipinski definition) is 7. The minimum absolute atomic E-state index is 0.105. The molecule has 0 unspecified atom stereocenters. The third-order valence-corrected chi connectivity index (χ3v) is 6.44. The molecule has 0 bridgehead atoms. The van der Waals surface area contributed by atoms with E-state index >= 15 is 0 Å². The van der Waals surface area contributed by atoms with Gasteiger partial charge in [0.1, 0.15) is 5.82 Å². The molecule has 0 N–H and O–H groups in total. The molecule has 2 fully saturated rings. The maximum Gasteiger partial charge on any atom is 0.270 e. The van der Waals surface area contributed by atoms with E-state index < -0.39 is 5.82 Å². The number of halogens is 1. The van der Waals surface area contributed by atoms with Gasteiger partial charge in [0.15, 0.2) is 22.4 Å². The Morgan fingerprint density at radius 1 is 1.18 bits per heavy atom. The smallest absolute Gasteiger partial charge is 0.270 e. The number of amides is 2. The van der Waals surface area contributed by atoms with Gasteiger partial charge in [-0.15, -0.1) is 0 Å². The van der Waals surface area contributed by atoms with Crippen molar-refractivity contribution in [2.24, 2.45) is 0 Å². The van der Waals surface area contributed by atoms with Crippen LogP contribution >= 0.6 is 24.0 Å². The zero-order valence-corrected chi connectivity index (χ0v) is 20.1. The summed E-state index contributed by atoms with van der Waals surface area (Å²) in [6.45, 7) is 4.29. The highest BCUT2D eigenvalue weighted by Crippen LogP contribution is 2.37. The van der Waals surface area contributed by atoms with Crippen LogP contribution < -0.4 is 14.4 Å². The number of ether oxygens (including phenoxy) is 3. The first kappa shape index (κ1) is 24.2. The van der Waals surface area contributed by atoms with Crippen LogP contribution in [0.4, 0.5) is 10.1 Å². The highest BCUT2D eigenvalue weighted by Gasteiger charge is 2.33. The van der Waals surface area contributed by atoms with Crippen LogP contribution in [0, 0.1) is 5.82 Å². The van der Waals surface area contributed by atoms with Crippen LogP contribution in [0.25, 0.3) is 6.08 Å². The Hall–Kier alpha value is -2.95. The van der Waals surface area contributed by atoms with Crippen molar-refractivity contribution in [3.05, 3.63) is 58.8 Å². The van der Waals surface area contributed by atoms with Crippen LogP contribution in [-0.4, -0.2) is 60.6 Å². The molecule has 0 radical (unpaired) electrons. The Bertz CT molecular complexity index is 1130. The molecule has 2 aliphatic heterocycles. The van der Waals surface area contributed by atoms with Gasteiger partial charge in [0.25, 0.3) is 11.8 Å². The van der Waals surface area contributed by atoms with Crippen molar-refractivity contribution < 1.29 is 28.2 Å². The first-order chi connectivity index (χ1) is 16.5. The quantitative estimate of drug-likeness (QED) is 0.421. The minimum Gasteiger partial charge on any atom is -0.490 e. The van der Waals surface area contributed by atoms with E-state index in [2.05, 4.69) is 0 Å². The second kappa shape index (κ2) is 11.0.